The van der Waals surface area contributed by atoms with E-state index < -0.39 is 6.04 Å². The molecule has 0 saturated carbocycles. The summed E-state index contributed by atoms with van der Waals surface area (Å²) >= 11 is 0. The molecule has 5 nitrogen and oxygen atoms in total. The lowest BCUT2D eigenvalue weighted by Crippen LogP contribution is -2.45. The van der Waals surface area contributed by atoms with Crippen LogP contribution >= 0.6 is 0 Å². The number of nitrogens with zero attached hydrogens (tertiary/aromatic N) is 1. The molecule has 0 rings (SSSR count). The van der Waals surface area contributed by atoms with E-state index >= 15 is 0 Å². The van der Waals surface area contributed by atoms with Crippen LogP contribution in [0.4, 0.5) is 0 Å². The van der Waals surface area contributed by atoms with E-state index in [4.69, 9.17) is 5.11 Å². The smallest absolute Gasteiger partial charge is 0.244 e. The third kappa shape index (κ3) is 6.40. The predicted molar refractivity (Wildman–Crippen MR) is 61.9 cm³/mol. The normalized spacial score (nSPS) is 12.0. The van der Waals surface area contributed by atoms with Gasteiger partial charge in [0.05, 0.1) is 0 Å². The maximum Gasteiger partial charge on any atom is 0.244 e. The fraction of sp³-hybridized carbons (Fsp3) is 0.818. The molecule has 94 valence electrons. The number of unbranched alkanes of at least 4 members (excludes halogenated alkanes) is 2. The highest BCUT2D eigenvalue weighted by atomic mass is 16.3. The molecular weight excluding hydrogens is 208 g/mol. The van der Waals surface area contributed by atoms with Crippen LogP contribution in [0.1, 0.15) is 33.1 Å². The van der Waals surface area contributed by atoms with E-state index in [1.807, 2.05) is 0 Å². The summed E-state index contributed by atoms with van der Waals surface area (Å²) in [7, 11) is 1.72. The Hall–Kier alpha value is -1.10. The van der Waals surface area contributed by atoms with Gasteiger partial charge in [-0.15, -0.1) is 0 Å². The largest absolute Gasteiger partial charge is 0.396 e. The van der Waals surface area contributed by atoms with Crippen molar-refractivity contribution in [1.82, 2.24) is 10.2 Å². The molecule has 0 radical (unpaired) electrons. The zero-order chi connectivity index (χ0) is 12.6. The van der Waals surface area contributed by atoms with Crippen molar-refractivity contribution in [3.8, 4) is 0 Å². The minimum absolute atomic E-state index is 0.0841. The van der Waals surface area contributed by atoms with Gasteiger partial charge in [-0.05, 0) is 26.2 Å². The molecule has 2 N–H and O–H groups in total. The third-order valence-electron chi connectivity index (χ3n) is 2.32. The predicted octanol–water partition coefficient (Wildman–Crippen LogP) is 0.132. The summed E-state index contributed by atoms with van der Waals surface area (Å²) in [5.74, 6) is -0.284. The van der Waals surface area contributed by atoms with Crippen LogP contribution in [-0.2, 0) is 9.59 Å². The molecule has 0 aliphatic heterocycles. The van der Waals surface area contributed by atoms with Crippen LogP contribution in [-0.4, -0.2) is 48.1 Å². The highest BCUT2D eigenvalue weighted by Gasteiger charge is 2.17. The van der Waals surface area contributed by atoms with Gasteiger partial charge in [0, 0.05) is 27.1 Å². The number of carbonyl (C=O) groups excluding carboxylic acids is 2. The fourth-order valence-corrected chi connectivity index (χ4v) is 1.44. The van der Waals surface area contributed by atoms with Crippen molar-refractivity contribution in [2.75, 3.05) is 20.2 Å². The summed E-state index contributed by atoms with van der Waals surface area (Å²) in [5, 5.41) is 11.2. The molecule has 0 spiro atoms. The Morgan fingerprint density at radius 2 is 1.94 bits per heavy atom. The molecular formula is C11H22N2O3. The summed E-state index contributed by atoms with van der Waals surface area (Å²) in [6.07, 6.45) is 2.54. The van der Waals surface area contributed by atoms with Gasteiger partial charge in [0.15, 0.2) is 0 Å². The van der Waals surface area contributed by atoms with Gasteiger partial charge in [0.25, 0.3) is 0 Å². The molecule has 0 saturated heterocycles. The fourth-order valence-electron chi connectivity index (χ4n) is 1.44. The first-order chi connectivity index (χ1) is 7.49. The lowest BCUT2D eigenvalue weighted by molar-refractivity contribution is -0.134. The van der Waals surface area contributed by atoms with Crippen LogP contribution in [0.25, 0.3) is 0 Å². The van der Waals surface area contributed by atoms with Gasteiger partial charge in [0.1, 0.15) is 6.04 Å². The van der Waals surface area contributed by atoms with Gasteiger partial charge in [-0.2, -0.15) is 0 Å². The lowest BCUT2D eigenvalue weighted by atomic mass is 10.2. The van der Waals surface area contributed by atoms with Crippen molar-refractivity contribution in [3.05, 3.63) is 0 Å². The zero-order valence-electron chi connectivity index (χ0n) is 10.3. The molecule has 1 unspecified atom stereocenters. The van der Waals surface area contributed by atoms with Crippen molar-refractivity contribution in [2.45, 2.75) is 39.2 Å². The maximum absolute atomic E-state index is 11.7. The Labute approximate surface area is 96.8 Å². The Morgan fingerprint density at radius 3 is 2.44 bits per heavy atom. The number of carbonyl (C=O) groups is 2. The summed E-state index contributed by atoms with van der Waals surface area (Å²) in [6, 6.07) is -0.472. The number of hydrogen-bond acceptors (Lipinski definition) is 3. The number of hydrogen-bond donors (Lipinski definition) is 2. The van der Waals surface area contributed by atoms with E-state index in [1.54, 1.807) is 18.9 Å². The number of likely N-dealkylation sites (N-methyl/N-ethyl adjacent to an activating group) is 1. The number of aliphatic hydroxyl groups excluding tert-OH is 1. The van der Waals surface area contributed by atoms with Gasteiger partial charge in [0.2, 0.25) is 11.8 Å². The van der Waals surface area contributed by atoms with E-state index in [1.165, 1.54) is 6.92 Å². The Bertz CT molecular complexity index is 231. The topological polar surface area (TPSA) is 69.6 Å². The molecule has 2 amide bonds. The Kier molecular flexibility index (Phi) is 7.54. The van der Waals surface area contributed by atoms with Crippen molar-refractivity contribution in [2.24, 2.45) is 0 Å². The van der Waals surface area contributed by atoms with Crippen LogP contribution in [0.5, 0.6) is 0 Å². The Morgan fingerprint density at radius 1 is 1.31 bits per heavy atom. The molecule has 0 aliphatic carbocycles. The van der Waals surface area contributed by atoms with Crippen molar-refractivity contribution in [1.29, 1.82) is 0 Å². The molecule has 0 bridgehead atoms. The third-order valence-corrected chi connectivity index (χ3v) is 2.32. The van der Waals surface area contributed by atoms with E-state index in [0.717, 1.165) is 19.3 Å². The highest BCUT2D eigenvalue weighted by molar-refractivity contribution is 5.86. The summed E-state index contributed by atoms with van der Waals surface area (Å²) in [4.78, 5) is 24.1. The van der Waals surface area contributed by atoms with Gasteiger partial charge in [-0.25, -0.2) is 0 Å². The summed E-state index contributed by atoms with van der Waals surface area (Å²) < 4.78 is 0. The van der Waals surface area contributed by atoms with Crippen LogP contribution in [0, 0.1) is 0 Å². The van der Waals surface area contributed by atoms with E-state index in [-0.39, 0.29) is 18.4 Å². The van der Waals surface area contributed by atoms with Crippen molar-refractivity contribution in [3.63, 3.8) is 0 Å². The van der Waals surface area contributed by atoms with E-state index in [9.17, 15) is 9.59 Å². The van der Waals surface area contributed by atoms with Gasteiger partial charge in [-0.3, -0.25) is 9.59 Å². The molecule has 5 heteroatoms. The second kappa shape index (κ2) is 8.10. The molecule has 0 aromatic rings. The maximum atomic E-state index is 11.7. The van der Waals surface area contributed by atoms with Crippen LogP contribution in [0.15, 0.2) is 0 Å². The molecule has 0 aromatic heterocycles. The van der Waals surface area contributed by atoms with E-state index in [0.29, 0.717) is 6.54 Å². The minimum Gasteiger partial charge on any atom is -0.396 e. The van der Waals surface area contributed by atoms with Gasteiger partial charge >= 0.3 is 0 Å². The van der Waals surface area contributed by atoms with Crippen LogP contribution in [0.3, 0.4) is 0 Å². The summed E-state index contributed by atoms with van der Waals surface area (Å²) in [6.45, 7) is 3.92. The molecule has 0 fully saturated rings. The Balaban J connectivity index is 3.84. The molecule has 16 heavy (non-hydrogen) atoms. The van der Waals surface area contributed by atoms with E-state index in [2.05, 4.69) is 5.32 Å². The molecule has 1 atom stereocenters. The van der Waals surface area contributed by atoms with Gasteiger partial charge < -0.3 is 15.3 Å². The number of rotatable bonds is 7. The monoisotopic (exact) mass is 230 g/mol. The quantitative estimate of drug-likeness (QED) is 0.611. The second-order valence-corrected chi connectivity index (χ2v) is 3.97. The number of nitrogens with one attached hydrogen (secondary N) is 1. The van der Waals surface area contributed by atoms with Gasteiger partial charge in [-0.1, -0.05) is 0 Å². The van der Waals surface area contributed by atoms with Crippen LogP contribution < -0.4 is 5.32 Å². The van der Waals surface area contributed by atoms with Crippen LogP contribution in [0.2, 0.25) is 0 Å². The minimum atomic E-state index is -0.472. The summed E-state index contributed by atoms with van der Waals surface area (Å²) in [5.41, 5.74) is 0. The first kappa shape index (κ1) is 14.9. The highest BCUT2D eigenvalue weighted by Crippen LogP contribution is 1.99. The first-order valence-corrected chi connectivity index (χ1v) is 5.62. The molecule has 0 aromatic carbocycles. The van der Waals surface area contributed by atoms with Crippen molar-refractivity contribution >= 4 is 11.8 Å². The first-order valence-electron chi connectivity index (χ1n) is 5.62. The second-order valence-electron chi connectivity index (χ2n) is 3.97. The number of amides is 2. The van der Waals surface area contributed by atoms with Crippen molar-refractivity contribution < 1.29 is 14.7 Å². The average molecular weight is 230 g/mol. The SMILES string of the molecule is CC(=O)NC(C)C(=O)N(C)CCCCCO. The average Bonchev–Trinajstić information content (AvgIpc) is 2.22. The molecule has 0 aliphatic rings. The lowest BCUT2D eigenvalue weighted by Gasteiger charge is -2.21. The standard InChI is InChI=1S/C11H22N2O3/c1-9(12-10(2)15)11(16)13(3)7-5-4-6-8-14/h9,14H,4-8H2,1-3H3,(H,12,15). The zero-order valence-corrected chi connectivity index (χ0v) is 10.3. The molecule has 0 heterocycles. The number of aliphatic hydroxyl groups is 1.